The standard InChI is InChI=1S/C19H20N2O4S/c1-25-18(23)12-15(16-4-3-11-26-16)20-19(24)13-6-8-14(9-7-13)21-10-2-5-17(21)22/h3-4,6-9,11,15H,2,5,10,12H2,1H3,(H,20,24). The van der Waals surface area contributed by atoms with Crippen molar-refractivity contribution < 1.29 is 19.1 Å². The highest BCUT2D eigenvalue weighted by Crippen LogP contribution is 2.24. The van der Waals surface area contributed by atoms with Gasteiger partial charge in [0.05, 0.1) is 19.6 Å². The molecule has 0 bridgehead atoms. The second-order valence-electron chi connectivity index (χ2n) is 6.02. The summed E-state index contributed by atoms with van der Waals surface area (Å²) in [6.07, 6.45) is 1.50. The smallest absolute Gasteiger partial charge is 0.307 e. The van der Waals surface area contributed by atoms with E-state index in [1.165, 1.54) is 18.4 Å². The van der Waals surface area contributed by atoms with Gasteiger partial charge in [-0.25, -0.2) is 0 Å². The number of thiophene rings is 1. The minimum absolute atomic E-state index is 0.0725. The number of nitrogens with zero attached hydrogens (tertiary/aromatic N) is 1. The highest BCUT2D eigenvalue weighted by atomic mass is 32.1. The molecule has 1 fully saturated rings. The summed E-state index contributed by atoms with van der Waals surface area (Å²) in [5, 5.41) is 4.79. The normalized spacial score (nSPS) is 15.0. The number of amides is 2. The highest BCUT2D eigenvalue weighted by molar-refractivity contribution is 7.10. The maximum atomic E-state index is 12.6. The number of carbonyl (C=O) groups excluding carboxylic acids is 3. The van der Waals surface area contributed by atoms with Gasteiger partial charge in [0.15, 0.2) is 0 Å². The molecule has 1 saturated heterocycles. The van der Waals surface area contributed by atoms with E-state index in [0.29, 0.717) is 18.5 Å². The van der Waals surface area contributed by atoms with Crippen LogP contribution in [0.2, 0.25) is 0 Å². The van der Waals surface area contributed by atoms with Gasteiger partial charge in [-0.05, 0) is 42.1 Å². The molecule has 1 aromatic carbocycles. The van der Waals surface area contributed by atoms with Crippen LogP contribution in [-0.2, 0) is 14.3 Å². The second-order valence-corrected chi connectivity index (χ2v) is 7.00. The first kappa shape index (κ1) is 18.1. The van der Waals surface area contributed by atoms with Crippen LogP contribution in [0.4, 0.5) is 5.69 Å². The van der Waals surface area contributed by atoms with Crippen LogP contribution in [0.5, 0.6) is 0 Å². The summed E-state index contributed by atoms with van der Waals surface area (Å²) >= 11 is 1.47. The zero-order valence-electron chi connectivity index (χ0n) is 14.4. The summed E-state index contributed by atoms with van der Waals surface area (Å²) in [5.41, 5.74) is 1.28. The van der Waals surface area contributed by atoms with Gasteiger partial charge in [-0.3, -0.25) is 14.4 Å². The number of hydrogen-bond donors (Lipinski definition) is 1. The molecule has 1 unspecified atom stereocenters. The van der Waals surface area contributed by atoms with E-state index in [1.54, 1.807) is 29.2 Å². The SMILES string of the molecule is COC(=O)CC(NC(=O)c1ccc(N2CCCC2=O)cc1)c1cccs1. The molecule has 1 atom stereocenters. The van der Waals surface area contributed by atoms with E-state index < -0.39 is 6.04 Å². The number of carbonyl (C=O) groups is 3. The lowest BCUT2D eigenvalue weighted by molar-refractivity contribution is -0.141. The van der Waals surface area contributed by atoms with E-state index in [4.69, 9.17) is 4.74 Å². The average molecular weight is 372 g/mol. The zero-order valence-corrected chi connectivity index (χ0v) is 15.3. The van der Waals surface area contributed by atoms with Crippen molar-refractivity contribution in [1.29, 1.82) is 0 Å². The third-order valence-corrected chi connectivity index (χ3v) is 5.29. The van der Waals surface area contributed by atoms with Gasteiger partial charge in [-0.2, -0.15) is 0 Å². The van der Waals surface area contributed by atoms with Crippen molar-refractivity contribution in [2.75, 3.05) is 18.6 Å². The minimum Gasteiger partial charge on any atom is -0.469 e. The molecule has 6 nitrogen and oxygen atoms in total. The van der Waals surface area contributed by atoms with Gasteiger partial charge in [0, 0.05) is 29.1 Å². The molecule has 136 valence electrons. The van der Waals surface area contributed by atoms with Gasteiger partial charge in [0.2, 0.25) is 5.91 Å². The second kappa shape index (κ2) is 8.14. The Bertz CT molecular complexity index is 786. The van der Waals surface area contributed by atoms with E-state index in [1.807, 2.05) is 17.5 Å². The monoisotopic (exact) mass is 372 g/mol. The van der Waals surface area contributed by atoms with Crippen LogP contribution in [0.25, 0.3) is 0 Å². The summed E-state index contributed by atoms with van der Waals surface area (Å²) in [7, 11) is 1.33. The Labute approximate surface area is 155 Å². The summed E-state index contributed by atoms with van der Waals surface area (Å²) in [5.74, 6) is -0.545. The highest BCUT2D eigenvalue weighted by Gasteiger charge is 2.23. The van der Waals surface area contributed by atoms with E-state index in [9.17, 15) is 14.4 Å². The van der Waals surface area contributed by atoms with Crippen molar-refractivity contribution in [3.63, 3.8) is 0 Å². The lowest BCUT2D eigenvalue weighted by atomic mass is 10.1. The Balaban J connectivity index is 1.71. The molecule has 2 amide bonds. The topological polar surface area (TPSA) is 75.7 Å². The van der Waals surface area contributed by atoms with Crippen molar-refractivity contribution in [2.24, 2.45) is 0 Å². The largest absolute Gasteiger partial charge is 0.469 e. The Kier molecular flexibility index (Phi) is 5.68. The van der Waals surface area contributed by atoms with Crippen molar-refractivity contribution in [3.05, 3.63) is 52.2 Å². The number of nitrogens with one attached hydrogen (secondary N) is 1. The van der Waals surface area contributed by atoms with E-state index in [-0.39, 0.29) is 24.2 Å². The molecule has 1 aliphatic heterocycles. The fourth-order valence-corrected chi connectivity index (χ4v) is 3.70. The van der Waals surface area contributed by atoms with Crippen LogP contribution in [0.3, 0.4) is 0 Å². The van der Waals surface area contributed by atoms with Gasteiger partial charge in [-0.15, -0.1) is 11.3 Å². The molecule has 0 spiro atoms. The van der Waals surface area contributed by atoms with Crippen LogP contribution >= 0.6 is 11.3 Å². The van der Waals surface area contributed by atoms with Crippen LogP contribution in [-0.4, -0.2) is 31.4 Å². The Morgan fingerprint density at radius 3 is 2.62 bits per heavy atom. The fraction of sp³-hybridized carbons (Fsp3) is 0.316. The fourth-order valence-electron chi connectivity index (χ4n) is 2.92. The number of anilines is 1. The van der Waals surface area contributed by atoms with Crippen molar-refractivity contribution in [2.45, 2.75) is 25.3 Å². The van der Waals surface area contributed by atoms with Crippen molar-refractivity contribution >= 4 is 34.8 Å². The third kappa shape index (κ3) is 4.11. The first-order chi connectivity index (χ1) is 12.6. The molecule has 2 aromatic rings. The molecule has 0 radical (unpaired) electrons. The molecule has 1 aromatic heterocycles. The summed E-state index contributed by atoms with van der Waals surface area (Å²) in [4.78, 5) is 38.7. The van der Waals surface area contributed by atoms with Gasteiger partial charge in [0.1, 0.15) is 0 Å². The molecular formula is C19H20N2O4S. The van der Waals surface area contributed by atoms with E-state index in [2.05, 4.69) is 5.32 Å². The molecule has 26 heavy (non-hydrogen) atoms. The molecule has 7 heteroatoms. The van der Waals surface area contributed by atoms with Crippen LogP contribution in [0, 0.1) is 0 Å². The van der Waals surface area contributed by atoms with Crippen molar-refractivity contribution in [1.82, 2.24) is 5.32 Å². The maximum Gasteiger partial charge on any atom is 0.307 e. The lowest BCUT2D eigenvalue weighted by Gasteiger charge is -2.18. The first-order valence-electron chi connectivity index (χ1n) is 8.40. The quantitative estimate of drug-likeness (QED) is 0.791. The number of methoxy groups -OCH3 is 1. The summed E-state index contributed by atoms with van der Waals surface area (Å²) < 4.78 is 4.73. The van der Waals surface area contributed by atoms with E-state index in [0.717, 1.165) is 17.0 Å². The van der Waals surface area contributed by atoms with Gasteiger partial charge < -0.3 is 15.0 Å². The average Bonchev–Trinajstić information content (AvgIpc) is 3.32. The molecule has 0 saturated carbocycles. The molecule has 2 heterocycles. The predicted octanol–water partition coefficient (Wildman–Crippen LogP) is 2.91. The first-order valence-corrected chi connectivity index (χ1v) is 9.28. The molecule has 1 aliphatic rings. The van der Waals surface area contributed by atoms with Crippen LogP contribution in [0.1, 0.15) is 40.5 Å². The molecule has 3 rings (SSSR count). The minimum atomic E-state index is -0.435. The molecular weight excluding hydrogens is 352 g/mol. The zero-order chi connectivity index (χ0) is 18.5. The predicted molar refractivity (Wildman–Crippen MR) is 99.2 cm³/mol. The lowest BCUT2D eigenvalue weighted by Crippen LogP contribution is -2.30. The number of ether oxygens (including phenoxy) is 1. The number of esters is 1. The van der Waals surface area contributed by atoms with Gasteiger partial charge in [-0.1, -0.05) is 6.07 Å². The van der Waals surface area contributed by atoms with E-state index >= 15 is 0 Å². The maximum absolute atomic E-state index is 12.6. The summed E-state index contributed by atoms with van der Waals surface area (Å²) in [6, 6.07) is 10.3. The van der Waals surface area contributed by atoms with Crippen LogP contribution in [0.15, 0.2) is 41.8 Å². The number of rotatable bonds is 6. The summed E-state index contributed by atoms with van der Waals surface area (Å²) in [6.45, 7) is 0.712. The Hall–Kier alpha value is -2.67. The van der Waals surface area contributed by atoms with Gasteiger partial charge >= 0.3 is 5.97 Å². The molecule has 0 aliphatic carbocycles. The van der Waals surface area contributed by atoms with Crippen molar-refractivity contribution in [3.8, 4) is 0 Å². The number of benzene rings is 1. The third-order valence-electron chi connectivity index (χ3n) is 4.30. The Morgan fingerprint density at radius 2 is 2.04 bits per heavy atom. The Morgan fingerprint density at radius 1 is 1.27 bits per heavy atom. The molecule has 1 N–H and O–H groups in total. The van der Waals surface area contributed by atoms with Crippen LogP contribution < -0.4 is 10.2 Å². The number of hydrogen-bond acceptors (Lipinski definition) is 5. The van der Waals surface area contributed by atoms with Gasteiger partial charge in [0.25, 0.3) is 5.91 Å².